The van der Waals surface area contributed by atoms with E-state index in [0.29, 0.717) is 12.8 Å². The molecule has 0 amide bonds. The van der Waals surface area contributed by atoms with Gasteiger partial charge >= 0.3 is 51.4 Å². The van der Waals surface area contributed by atoms with E-state index in [0.717, 1.165) is 25.7 Å². The fourth-order valence-electron chi connectivity index (χ4n) is 3.25. The summed E-state index contributed by atoms with van der Waals surface area (Å²) in [6.07, 6.45) is 17.1. The smallest absolute Gasteiger partial charge is 0.746 e. The molecule has 0 aromatic heterocycles. The fraction of sp³-hybridized carbons (Fsp3) is 1.00. The SMILES string of the molecule is CCCCCCCCCCCCCCCC(O)(CCCC)S(=O)(=O)[O-].[K+]. The summed E-state index contributed by atoms with van der Waals surface area (Å²) in [6, 6.07) is 0. The normalized spacial score (nSPS) is 14.0. The minimum atomic E-state index is -4.65. The van der Waals surface area contributed by atoms with Crippen LogP contribution in [-0.2, 0) is 10.1 Å². The fourth-order valence-corrected chi connectivity index (χ4v) is 4.04. The average Bonchev–Trinajstić information content (AvgIpc) is 2.56. The molecule has 0 aliphatic carbocycles. The van der Waals surface area contributed by atoms with Crippen molar-refractivity contribution in [2.24, 2.45) is 0 Å². The monoisotopic (exact) mass is 416 g/mol. The van der Waals surface area contributed by atoms with E-state index in [-0.39, 0.29) is 64.2 Å². The molecule has 0 saturated carbocycles. The summed E-state index contributed by atoms with van der Waals surface area (Å²) in [5, 5.41) is 10.2. The number of hydrogen-bond donors (Lipinski definition) is 1. The topological polar surface area (TPSA) is 77.4 Å². The van der Waals surface area contributed by atoms with Crippen LogP contribution in [0.4, 0.5) is 0 Å². The van der Waals surface area contributed by atoms with Crippen LogP contribution >= 0.6 is 0 Å². The van der Waals surface area contributed by atoms with Gasteiger partial charge < -0.3 is 9.66 Å². The van der Waals surface area contributed by atoms with E-state index in [1.54, 1.807) is 0 Å². The van der Waals surface area contributed by atoms with Crippen molar-refractivity contribution in [2.75, 3.05) is 0 Å². The van der Waals surface area contributed by atoms with Crippen LogP contribution in [0.3, 0.4) is 0 Å². The largest absolute Gasteiger partial charge is 1.00 e. The van der Waals surface area contributed by atoms with Gasteiger partial charge in [-0.05, 0) is 25.7 Å². The Morgan fingerprint density at radius 3 is 1.31 bits per heavy atom. The van der Waals surface area contributed by atoms with Crippen molar-refractivity contribution >= 4 is 10.1 Å². The molecule has 0 aliphatic rings. The predicted molar refractivity (Wildman–Crippen MR) is 104 cm³/mol. The summed E-state index contributed by atoms with van der Waals surface area (Å²) in [7, 11) is -4.65. The molecule has 0 fully saturated rings. The van der Waals surface area contributed by atoms with E-state index < -0.39 is 15.1 Å². The first-order valence-corrected chi connectivity index (χ1v) is 12.0. The number of rotatable bonds is 18. The van der Waals surface area contributed by atoms with E-state index >= 15 is 0 Å². The van der Waals surface area contributed by atoms with Crippen LogP contribution in [0.15, 0.2) is 0 Å². The van der Waals surface area contributed by atoms with Crippen LogP contribution in [0.2, 0.25) is 0 Å². The minimum absolute atomic E-state index is 0. The molecule has 1 N–H and O–H groups in total. The predicted octanol–water partition coefficient (Wildman–Crippen LogP) is 2.90. The van der Waals surface area contributed by atoms with E-state index in [1.165, 1.54) is 57.8 Å². The van der Waals surface area contributed by atoms with Gasteiger partial charge in [-0.1, -0.05) is 97.3 Å². The molecule has 0 bridgehead atoms. The Labute approximate surface area is 205 Å². The first-order chi connectivity index (χ1) is 11.9. The zero-order valence-corrected chi connectivity index (χ0v) is 21.5. The molecule has 0 radical (unpaired) electrons. The molecule has 26 heavy (non-hydrogen) atoms. The van der Waals surface area contributed by atoms with Gasteiger partial charge in [-0.25, -0.2) is 8.42 Å². The zero-order valence-electron chi connectivity index (χ0n) is 17.6. The third kappa shape index (κ3) is 15.4. The second-order valence-electron chi connectivity index (χ2n) is 7.50. The van der Waals surface area contributed by atoms with Crippen LogP contribution in [-0.4, -0.2) is 23.0 Å². The molecule has 152 valence electrons. The average molecular weight is 417 g/mol. The van der Waals surface area contributed by atoms with Gasteiger partial charge in [-0.3, -0.25) is 0 Å². The van der Waals surface area contributed by atoms with Gasteiger partial charge in [0.2, 0.25) is 0 Å². The van der Waals surface area contributed by atoms with Crippen molar-refractivity contribution in [3.63, 3.8) is 0 Å². The molecule has 0 aromatic carbocycles. The summed E-state index contributed by atoms with van der Waals surface area (Å²) in [5.74, 6) is 0. The summed E-state index contributed by atoms with van der Waals surface area (Å²) in [5.41, 5.74) is 0. The van der Waals surface area contributed by atoms with E-state index in [1.807, 2.05) is 6.92 Å². The van der Waals surface area contributed by atoms with Crippen molar-refractivity contribution in [3.8, 4) is 0 Å². The summed E-state index contributed by atoms with van der Waals surface area (Å²) < 4.78 is 33.9. The number of hydrogen-bond acceptors (Lipinski definition) is 4. The van der Waals surface area contributed by atoms with E-state index in [9.17, 15) is 18.1 Å². The van der Waals surface area contributed by atoms with Gasteiger partial charge in [-0.2, -0.15) is 0 Å². The molecule has 4 nitrogen and oxygen atoms in total. The van der Waals surface area contributed by atoms with Crippen molar-refractivity contribution in [1.82, 2.24) is 0 Å². The Morgan fingerprint density at radius 1 is 0.654 bits per heavy atom. The van der Waals surface area contributed by atoms with Gasteiger partial charge in [0.1, 0.15) is 10.1 Å². The van der Waals surface area contributed by atoms with Gasteiger partial charge in [0, 0.05) is 0 Å². The van der Waals surface area contributed by atoms with Crippen molar-refractivity contribution in [2.45, 2.75) is 128 Å². The zero-order chi connectivity index (χ0) is 19.0. The maximum Gasteiger partial charge on any atom is 1.00 e. The van der Waals surface area contributed by atoms with Crippen molar-refractivity contribution < 1.29 is 69.5 Å². The Balaban J connectivity index is 0. The number of aliphatic hydroxyl groups is 1. The molecular formula is C20H41KO4S. The summed E-state index contributed by atoms with van der Waals surface area (Å²) >= 11 is 0. The molecule has 0 aliphatic heterocycles. The maximum absolute atomic E-state index is 11.3. The third-order valence-electron chi connectivity index (χ3n) is 5.06. The van der Waals surface area contributed by atoms with Crippen LogP contribution in [0.5, 0.6) is 0 Å². The van der Waals surface area contributed by atoms with Crippen LogP contribution in [0.25, 0.3) is 0 Å². The summed E-state index contributed by atoms with van der Waals surface area (Å²) in [6.45, 7) is 4.16. The molecule has 1 atom stereocenters. The molecule has 0 heterocycles. The standard InChI is InChI=1S/C20H42O4S.K/c1-3-5-7-8-9-10-11-12-13-14-15-16-17-19-20(21,18-6-4-2)25(22,23)24;/h21H,3-19H2,1-2H3,(H,22,23,24);/q;+1/p-1. The van der Waals surface area contributed by atoms with Gasteiger partial charge in [0.25, 0.3) is 0 Å². The van der Waals surface area contributed by atoms with Crippen molar-refractivity contribution in [3.05, 3.63) is 0 Å². The van der Waals surface area contributed by atoms with E-state index in [2.05, 4.69) is 6.92 Å². The first-order valence-electron chi connectivity index (χ1n) is 10.5. The minimum Gasteiger partial charge on any atom is -0.746 e. The third-order valence-corrected chi connectivity index (χ3v) is 6.40. The van der Waals surface area contributed by atoms with Gasteiger partial charge in [-0.15, -0.1) is 0 Å². The number of unbranched alkanes of at least 4 members (excludes halogenated alkanes) is 13. The Bertz CT molecular complexity index is 401. The van der Waals surface area contributed by atoms with Crippen LogP contribution < -0.4 is 51.4 Å². The second kappa shape index (κ2) is 18.5. The molecule has 1 unspecified atom stereocenters. The van der Waals surface area contributed by atoms with E-state index in [4.69, 9.17) is 0 Å². The molecule has 0 aromatic rings. The first kappa shape index (κ1) is 29.7. The molecule has 0 saturated heterocycles. The van der Waals surface area contributed by atoms with Gasteiger partial charge in [0.05, 0.1) is 0 Å². The Morgan fingerprint density at radius 2 is 0.962 bits per heavy atom. The molecular weight excluding hydrogens is 375 g/mol. The molecule has 0 spiro atoms. The Kier molecular flexibility index (Phi) is 21.2. The maximum atomic E-state index is 11.3. The molecule has 6 heteroatoms. The van der Waals surface area contributed by atoms with Crippen LogP contribution in [0.1, 0.15) is 123 Å². The summed E-state index contributed by atoms with van der Waals surface area (Å²) in [4.78, 5) is -2.05. The molecule has 0 rings (SSSR count). The van der Waals surface area contributed by atoms with Crippen molar-refractivity contribution in [1.29, 1.82) is 0 Å². The second-order valence-corrected chi connectivity index (χ2v) is 9.16. The van der Waals surface area contributed by atoms with Crippen LogP contribution in [0, 0.1) is 0 Å². The quantitative estimate of drug-likeness (QED) is 0.212. The Hall–Kier alpha value is 1.51. The van der Waals surface area contributed by atoms with Gasteiger partial charge in [0.15, 0.2) is 4.93 Å².